The van der Waals surface area contributed by atoms with E-state index in [0.29, 0.717) is 5.56 Å². The van der Waals surface area contributed by atoms with Gasteiger partial charge in [-0.05, 0) is 42.3 Å². The molecule has 0 aliphatic carbocycles. The molecule has 140 valence electrons. The van der Waals surface area contributed by atoms with Crippen molar-refractivity contribution in [3.8, 4) is 0 Å². The summed E-state index contributed by atoms with van der Waals surface area (Å²) in [6.45, 7) is 1.60. The Morgan fingerprint density at radius 1 is 1.19 bits per heavy atom. The number of anilines is 1. The molecular formula is C18H16ClF3LiNO3. The normalized spacial score (nSPS) is 12.0. The summed E-state index contributed by atoms with van der Waals surface area (Å²) in [5, 5.41) is 11.9. The molecule has 0 aliphatic heterocycles. The number of nitrogens with one attached hydrogen (secondary N) is 1. The van der Waals surface area contributed by atoms with Crippen LogP contribution < -0.4 is 24.2 Å². The first-order valence-electron chi connectivity index (χ1n) is 7.58. The van der Waals surface area contributed by atoms with Crippen molar-refractivity contribution >= 4 is 29.2 Å². The summed E-state index contributed by atoms with van der Waals surface area (Å²) < 4.78 is 37.7. The molecule has 9 heteroatoms. The van der Waals surface area contributed by atoms with Crippen molar-refractivity contribution in [1.29, 1.82) is 0 Å². The fourth-order valence-electron chi connectivity index (χ4n) is 2.34. The van der Waals surface area contributed by atoms with Crippen LogP contribution in [0.25, 0.3) is 0 Å². The number of rotatable bonds is 5. The van der Waals surface area contributed by atoms with Crippen molar-refractivity contribution in [2.24, 2.45) is 5.92 Å². The molecule has 4 nitrogen and oxygen atoms in total. The minimum absolute atomic E-state index is 0. The van der Waals surface area contributed by atoms with Gasteiger partial charge in [0.15, 0.2) is 0 Å². The monoisotopic (exact) mass is 393 g/mol. The molecular weight excluding hydrogens is 378 g/mol. The third-order valence-corrected chi connectivity index (χ3v) is 3.98. The van der Waals surface area contributed by atoms with Gasteiger partial charge in [-0.1, -0.05) is 30.7 Å². The molecule has 1 amide bonds. The van der Waals surface area contributed by atoms with Crippen molar-refractivity contribution in [3.05, 3.63) is 64.2 Å². The van der Waals surface area contributed by atoms with Crippen molar-refractivity contribution < 1.29 is 48.2 Å². The maximum Gasteiger partial charge on any atom is 1.00 e. The molecule has 0 aromatic heterocycles. The number of carbonyl (C=O) groups is 2. The molecule has 0 radical (unpaired) electrons. The third-order valence-electron chi connectivity index (χ3n) is 3.74. The van der Waals surface area contributed by atoms with E-state index in [1.54, 1.807) is 6.92 Å². The van der Waals surface area contributed by atoms with E-state index in [-0.39, 0.29) is 43.0 Å². The van der Waals surface area contributed by atoms with Crippen LogP contribution in [0.3, 0.4) is 0 Å². The first kappa shape index (κ1) is 23.1. The third kappa shape index (κ3) is 6.31. The quantitative estimate of drug-likeness (QED) is 0.764. The molecule has 1 atom stereocenters. The van der Waals surface area contributed by atoms with E-state index in [1.165, 1.54) is 30.3 Å². The van der Waals surface area contributed by atoms with Crippen LogP contribution in [0.15, 0.2) is 42.5 Å². The molecule has 0 saturated heterocycles. The Labute approximate surface area is 172 Å². The number of carboxylic acids is 1. The Balaban J connectivity index is 0.00000364. The van der Waals surface area contributed by atoms with Crippen LogP contribution in [-0.2, 0) is 17.4 Å². The van der Waals surface area contributed by atoms with Gasteiger partial charge < -0.3 is 11.8 Å². The zero-order valence-corrected chi connectivity index (χ0v) is 15.4. The molecule has 27 heavy (non-hydrogen) atoms. The van der Waals surface area contributed by atoms with E-state index in [9.17, 15) is 22.8 Å². The summed E-state index contributed by atoms with van der Waals surface area (Å²) in [5.41, 5.74) is -0.243. The van der Waals surface area contributed by atoms with Crippen LogP contribution in [0.1, 0.15) is 29.8 Å². The maximum absolute atomic E-state index is 12.6. The van der Waals surface area contributed by atoms with Gasteiger partial charge in [0.1, 0.15) is 0 Å². The van der Waals surface area contributed by atoms with E-state index in [1.807, 2.05) is 0 Å². The number of hydrogen-bond acceptors (Lipinski definition) is 2. The molecule has 2 rings (SSSR count). The molecule has 0 fully saturated rings. The van der Waals surface area contributed by atoms with Crippen molar-refractivity contribution in [2.45, 2.75) is 19.5 Å². The van der Waals surface area contributed by atoms with Crippen molar-refractivity contribution in [3.63, 3.8) is 0 Å². The summed E-state index contributed by atoms with van der Waals surface area (Å²) in [6.07, 6.45) is -4.21. The first-order valence-corrected chi connectivity index (χ1v) is 7.95. The predicted molar refractivity (Wildman–Crippen MR) is 92.5 cm³/mol. The van der Waals surface area contributed by atoms with Gasteiger partial charge in [-0.25, -0.2) is 4.79 Å². The Morgan fingerprint density at radius 3 is 2.30 bits per heavy atom. The second kappa shape index (κ2) is 9.31. The fraction of sp³-hybridized carbons (Fsp3) is 0.222. The van der Waals surface area contributed by atoms with Gasteiger partial charge in [0.05, 0.1) is 16.8 Å². The average Bonchev–Trinajstić information content (AvgIpc) is 2.54. The number of benzene rings is 2. The average molecular weight is 394 g/mol. The zero-order chi connectivity index (χ0) is 19.5. The van der Waals surface area contributed by atoms with Gasteiger partial charge in [-0.3, -0.25) is 4.79 Å². The van der Waals surface area contributed by atoms with Gasteiger partial charge >= 0.3 is 31.0 Å². The van der Waals surface area contributed by atoms with E-state index in [0.717, 1.165) is 12.1 Å². The largest absolute Gasteiger partial charge is 1.00 e. The number of carbonyl (C=O) groups excluding carboxylic acids is 1. The predicted octanol–water partition coefficient (Wildman–Crippen LogP) is 1.99. The first-order chi connectivity index (χ1) is 12.1. The molecule has 0 saturated carbocycles. The summed E-state index contributed by atoms with van der Waals surface area (Å²) in [4.78, 5) is 23.5. The van der Waals surface area contributed by atoms with E-state index in [2.05, 4.69) is 5.32 Å². The van der Waals surface area contributed by atoms with Crippen LogP contribution in [0, 0.1) is 5.92 Å². The Bertz CT molecular complexity index is 832. The van der Waals surface area contributed by atoms with Gasteiger partial charge in [0.25, 0.3) is 0 Å². The standard InChI is InChI=1S/C18H15ClF3NO3.Li.H/c1-10(8-11-2-4-12(5-3-11)18(20,21)22)16(24)23-15-9-13(19)6-7-14(15)17(25)26;;/h2-7,9-10H,8H2,1H3,(H,23,24)(H,25,26);;/q;+1;-1. The van der Waals surface area contributed by atoms with Gasteiger partial charge in [-0.2, -0.15) is 13.2 Å². The molecule has 1 unspecified atom stereocenters. The number of carboxylic acid groups (broad SMARTS) is 1. The summed E-state index contributed by atoms with van der Waals surface area (Å²) in [5.74, 6) is -2.27. The maximum atomic E-state index is 12.6. The van der Waals surface area contributed by atoms with E-state index < -0.39 is 29.5 Å². The Morgan fingerprint density at radius 2 is 1.78 bits per heavy atom. The molecule has 0 spiro atoms. The van der Waals surface area contributed by atoms with Crippen LogP contribution in [0.4, 0.5) is 18.9 Å². The molecule has 0 heterocycles. The second-order valence-corrected chi connectivity index (χ2v) is 6.22. The number of amides is 1. The fourth-order valence-corrected chi connectivity index (χ4v) is 2.51. The number of alkyl halides is 3. The summed E-state index contributed by atoms with van der Waals surface area (Å²) in [6, 6.07) is 8.54. The van der Waals surface area contributed by atoms with Crippen molar-refractivity contribution in [1.82, 2.24) is 0 Å². The van der Waals surface area contributed by atoms with Crippen LogP contribution in [0.5, 0.6) is 0 Å². The minimum Gasteiger partial charge on any atom is -1.00 e. The minimum atomic E-state index is -4.42. The molecule has 2 aromatic carbocycles. The second-order valence-electron chi connectivity index (χ2n) is 5.78. The van der Waals surface area contributed by atoms with Gasteiger partial charge in [0.2, 0.25) is 5.91 Å². The van der Waals surface area contributed by atoms with Gasteiger partial charge in [-0.15, -0.1) is 0 Å². The van der Waals surface area contributed by atoms with Crippen molar-refractivity contribution in [2.75, 3.05) is 5.32 Å². The smallest absolute Gasteiger partial charge is 1.00 e. The molecule has 0 aliphatic rings. The number of halogens is 4. The van der Waals surface area contributed by atoms with Crippen LogP contribution in [0.2, 0.25) is 5.02 Å². The number of aromatic carboxylic acids is 1. The summed E-state index contributed by atoms with van der Waals surface area (Å²) >= 11 is 5.83. The van der Waals surface area contributed by atoms with Crippen LogP contribution >= 0.6 is 11.6 Å². The van der Waals surface area contributed by atoms with E-state index in [4.69, 9.17) is 16.7 Å². The number of hydrogen-bond donors (Lipinski definition) is 2. The Kier molecular flexibility index (Phi) is 7.97. The van der Waals surface area contributed by atoms with E-state index >= 15 is 0 Å². The summed E-state index contributed by atoms with van der Waals surface area (Å²) in [7, 11) is 0. The van der Waals surface area contributed by atoms with Crippen LogP contribution in [-0.4, -0.2) is 17.0 Å². The SMILES string of the molecule is CC(Cc1ccc(C(F)(F)F)cc1)C(=O)Nc1cc(Cl)ccc1C(=O)O.[H-].[Li+]. The zero-order valence-electron chi connectivity index (χ0n) is 15.6. The molecule has 2 N–H and O–H groups in total. The molecule has 2 aromatic rings. The molecule has 0 bridgehead atoms. The topological polar surface area (TPSA) is 66.4 Å². The van der Waals surface area contributed by atoms with Gasteiger partial charge in [0, 0.05) is 10.9 Å². The Hall–Kier alpha value is -1.94.